The Bertz CT molecular complexity index is 867. The summed E-state index contributed by atoms with van der Waals surface area (Å²) in [6.45, 7) is 3.74. The minimum absolute atomic E-state index is 0.0173. The SMILES string of the molecule is CC[C@@H]1CN2CC[C@]3(Nc4cccc(O)c4C3=O)C2C[C@@H]1C(=COC)C(=O)OC. The molecule has 1 aromatic carbocycles. The first-order valence-electron chi connectivity index (χ1n) is 10.2. The molecule has 3 heterocycles. The maximum Gasteiger partial charge on any atom is 0.337 e. The van der Waals surface area contributed by atoms with Gasteiger partial charge in [0.25, 0.3) is 0 Å². The van der Waals surface area contributed by atoms with Gasteiger partial charge in [-0.05, 0) is 36.8 Å². The number of Topliss-reactive ketones (excluding diaryl/α,β-unsaturated/α-hetero) is 1. The van der Waals surface area contributed by atoms with Gasteiger partial charge in [-0.15, -0.1) is 0 Å². The summed E-state index contributed by atoms with van der Waals surface area (Å²) in [6, 6.07) is 5.06. The standard InChI is InChI=1S/C22H28N2O5/c1-4-13-11-24-9-8-22(20(26)19-16(23-22)6-5-7-17(19)25)18(24)10-14(13)15(12-28-2)21(27)29-3/h5-7,12-14,18,23,25H,4,8-11H2,1-3H3/t13-,14+,18?,22+/m1/s1. The van der Waals surface area contributed by atoms with Gasteiger partial charge < -0.3 is 19.9 Å². The van der Waals surface area contributed by atoms with E-state index in [1.54, 1.807) is 12.1 Å². The van der Waals surface area contributed by atoms with E-state index in [0.717, 1.165) is 19.5 Å². The van der Waals surface area contributed by atoms with Crippen LogP contribution in [0.5, 0.6) is 5.75 Å². The molecule has 0 saturated carbocycles. The molecule has 29 heavy (non-hydrogen) atoms. The molecule has 3 aliphatic rings. The van der Waals surface area contributed by atoms with Crippen molar-refractivity contribution >= 4 is 17.4 Å². The lowest BCUT2D eigenvalue weighted by molar-refractivity contribution is -0.137. The van der Waals surface area contributed by atoms with E-state index in [0.29, 0.717) is 29.7 Å². The van der Waals surface area contributed by atoms with Crippen LogP contribution in [0.4, 0.5) is 5.69 Å². The quantitative estimate of drug-likeness (QED) is 0.456. The van der Waals surface area contributed by atoms with Crippen LogP contribution in [0.25, 0.3) is 0 Å². The molecular formula is C22H28N2O5. The number of nitrogens with one attached hydrogen (secondary N) is 1. The number of phenolic OH excluding ortho intramolecular Hbond substituents is 1. The maximum absolute atomic E-state index is 13.5. The summed E-state index contributed by atoms with van der Waals surface area (Å²) in [6.07, 6.45) is 3.73. The number of phenols is 1. The molecule has 4 rings (SSSR count). The molecule has 7 heteroatoms. The number of nitrogens with zero attached hydrogens (tertiary/aromatic N) is 1. The molecule has 0 bridgehead atoms. The van der Waals surface area contributed by atoms with Gasteiger partial charge in [-0.2, -0.15) is 0 Å². The van der Waals surface area contributed by atoms with Gasteiger partial charge in [0.1, 0.15) is 11.3 Å². The van der Waals surface area contributed by atoms with E-state index >= 15 is 0 Å². The van der Waals surface area contributed by atoms with Gasteiger partial charge in [0.2, 0.25) is 0 Å². The zero-order chi connectivity index (χ0) is 20.8. The van der Waals surface area contributed by atoms with Crippen molar-refractivity contribution in [3.8, 4) is 5.75 Å². The van der Waals surface area contributed by atoms with Gasteiger partial charge in [-0.25, -0.2) is 4.79 Å². The number of piperidine rings is 1. The van der Waals surface area contributed by atoms with Crippen LogP contribution in [0.15, 0.2) is 30.0 Å². The van der Waals surface area contributed by atoms with E-state index < -0.39 is 5.54 Å². The number of methoxy groups -OCH3 is 2. The molecule has 1 unspecified atom stereocenters. The van der Waals surface area contributed by atoms with E-state index in [1.807, 2.05) is 6.07 Å². The fourth-order valence-corrected chi connectivity index (χ4v) is 5.52. The molecule has 2 fully saturated rings. The van der Waals surface area contributed by atoms with Crippen molar-refractivity contribution in [2.75, 3.05) is 32.6 Å². The molecule has 1 spiro atoms. The molecule has 3 aliphatic heterocycles. The number of esters is 1. The summed E-state index contributed by atoms with van der Waals surface area (Å²) >= 11 is 0. The smallest absolute Gasteiger partial charge is 0.337 e. The summed E-state index contributed by atoms with van der Waals surface area (Å²) in [5.74, 6) is -0.210. The number of benzene rings is 1. The first-order valence-corrected chi connectivity index (χ1v) is 10.2. The molecule has 2 saturated heterocycles. The van der Waals surface area contributed by atoms with Crippen LogP contribution in [0.1, 0.15) is 36.5 Å². The van der Waals surface area contributed by atoms with E-state index in [9.17, 15) is 14.7 Å². The highest BCUT2D eigenvalue weighted by atomic mass is 16.5. The minimum atomic E-state index is -0.771. The zero-order valence-electron chi connectivity index (χ0n) is 17.1. The Hall–Kier alpha value is -2.54. The number of ether oxygens (including phenoxy) is 2. The average Bonchev–Trinajstić information content (AvgIpc) is 3.23. The monoisotopic (exact) mass is 400 g/mol. The van der Waals surface area contributed by atoms with Crippen LogP contribution in [-0.4, -0.2) is 60.6 Å². The Morgan fingerprint density at radius 2 is 2.21 bits per heavy atom. The second-order valence-electron chi connectivity index (χ2n) is 8.20. The van der Waals surface area contributed by atoms with Gasteiger partial charge >= 0.3 is 5.97 Å². The van der Waals surface area contributed by atoms with Gasteiger partial charge in [-0.1, -0.05) is 19.4 Å². The summed E-state index contributed by atoms with van der Waals surface area (Å²) in [5, 5.41) is 13.7. The number of hydrogen-bond donors (Lipinski definition) is 2. The van der Waals surface area contributed by atoms with Crippen LogP contribution in [0, 0.1) is 11.8 Å². The number of anilines is 1. The van der Waals surface area contributed by atoms with Gasteiger partial charge in [0.05, 0.1) is 31.6 Å². The average molecular weight is 400 g/mol. The maximum atomic E-state index is 13.5. The summed E-state index contributed by atoms with van der Waals surface area (Å²) in [4.78, 5) is 28.3. The van der Waals surface area contributed by atoms with Crippen molar-refractivity contribution < 1.29 is 24.2 Å². The second kappa shape index (κ2) is 7.37. The third kappa shape index (κ3) is 2.90. The second-order valence-corrected chi connectivity index (χ2v) is 8.20. The van der Waals surface area contributed by atoms with E-state index in [-0.39, 0.29) is 35.4 Å². The highest BCUT2D eigenvalue weighted by Crippen LogP contribution is 2.50. The molecule has 0 radical (unpaired) electrons. The molecule has 0 amide bonds. The normalized spacial score (nSPS) is 31.3. The molecule has 7 nitrogen and oxygen atoms in total. The number of aromatic hydroxyl groups is 1. The lowest BCUT2D eigenvalue weighted by Gasteiger charge is -2.45. The lowest BCUT2D eigenvalue weighted by atomic mass is 9.72. The fourth-order valence-electron chi connectivity index (χ4n) is 5.52. The van der Waals surface area contributed by atoms with E-state index in [2.05, 4.69) is 17.1 Å². The number of carbonyl (C=O) groups is 2. The van der Waals surface area contributed by atoms with Crippen molar-refractivity contribution in [2.45, 2.75) is 37.8 Å². The minimum Gasteiger partial charge on any atom is -0.507 e. The van der Waals surface area contributed by atoms with Crippen molar-refractivity contribution in [1.29, 1.82) is 0 Å². The van der Waals surface area contributed by atoms with Crippen molar-refractivity contribution in [3.63, 3.8) is 0 Å². The summed E-state index contributed by atoms with van der Waals surface area (Å²) in [5.41, 5.74) is 0.817. The molecular weight excluding hydrogens is 372 g/mol. The number of fused-ring (bicyclic) bond motifs is 3. The lowest BCUT2D eigenvalue weighted by Crippen LogP contribution is -2.57. The van der Waals surface area contributed by atoms with Crippen LogP contribution < -0.4 is 5.32 Å². The van der Waals surface area contributed by atoms with Crippen molar-refractivity contribution in [2.24, 2.45) is 11.8 Å². The third-order valence-electron chi connectivity index (χ3n) is 6.94. The summed E-state index contributed by atoms with van der Waals surface area (Å²) < 4.78 is 10.2. The predicted octanol–water partition coefficient (Wildman–Crippen LogP) is 2.56. The summed E-state index contributed by atoms with van der Waals surface area (Å²) in [7, 11) is 2.90. The number of rotatable bonds is 4. The molecule has 0 aliphatic carbocycles. The van der Waals surface area contributed by atoms with Gasteiger partial charge in [0.15, 0.2) is 5.78 Å². The Kier molecular flexibility index (Phi) is 5.02. The molecule has 156 valence electrons. The van der Waals surface area contributed by atoms with Crippen LogP contribution >= 0.6 is 0 Å². The van der Waals surface area contributed by atoms with E-state index in [1.165, 1.54) is 20.5 Å². The number of hydrogen-bond acceptors (Lipinski definition) is 7. The number of ketones is 1. The number of carbonyl (C=O) groups excluding carboxylic acids is 2. The Balaban J connectivity index is 1.70. The highest BCUT2D eigenvalue weighted by molar-refractivity contribution is 6.16. The fraction of sp³-hybridized carbons (Fsp3) is 0.545. The van der Waals surface area contributed by atoms with E-state index in [4.69, 9.17) is 9.47 Å². The van der Waals surface area contributed by atoms with Crippen LogP contribution in [0.2, 0.25) is 0 Å². The van der Waals surface area contributed by atoms with Crippen LogP contribution in [-0.2, 0) is 14.3 Å². The first-order chi connectivity index (χ1) is 14.0. The Morgan fingerprint density at radius 1 is 1.41 bits per heavy atom. The highest BCUT2D eigenvalue weighted by Gasteiger charge is 2.59. The van der Waals surface area contributed by atoms with Crippen molar-refractivity contribution in [3.05, 3.63) is 35.6 Å². The zero-order valence-corrected chi connectivity index (χ0v) is 17.1. The first kappa shape index (κ1) is 19.8. The van der Waals surface area contributed by atoms with Crippen LogP contribution in [0.3, 0.4) is 0 Å². The molecule has 0 aromatic heterocycles. The molecule has 1 aromatic rings. The molecule has 2 N–H and O–H groups in total. The topological polar surface area (TPSA) is 88.1 Å². The van der Waals surface area contributed by atoms with Gasteiger partial charge in [-0.3, -0.25) is 9.69 Å². The Labute approximate surface area is 170 Å². The third-order valence-corrected chi connectivity index (χ3v) is 6.94. The van der Waals surface area contributed by atoms with Gasteiger partial charge in [0, 0.05) is 24.8 Å². The molecule has 4 atom stereocenters. The van der Waals surface area contributed by atoms with Crippen molar-refractivity contribution in [1.82, 2.24) is 4.90 Å². The Morgan fingerprint density at radius 3 is 2.86 bits per heavy atom. The largest absolute Gasteiger partial charge is 0.507 e. The predicted molar refractivity (Wildman–Crippen MR) is 108 cm³/mol.